The summed E-state index contributed by atoms with van der Waals surface area (Å²) in [6.45, 7) is 6.14. The first-order valence-corrected chi connectivity index (χ1v) is 12.4. The van der Waals surface area contributed by atoms with Gasteiger partial charge in [-0.05, 0) is 38.3 Å². The molecule has 0 aromatic carbocycles. The van der Waals surface area contributed by atoms with Gasteiger partial charge < -0.3 is 25.2 Å². The minimum Gasteiger partial charge on any atom is -0.365 e. The summed E-state index contributed by atoms with van der Waals surface area (Å²) in [6, 6.07) is 6.06. The number of carbonyl (C=O) groups is 1. The lowest BCUT2D eigenvalue weighted by molar-refractivity contribution is -0.146. The van der Waals surface area contributed by atoms with Gasteiger partial charge in [-0.3, -0.25) is 10.2 Å². The molecule has 36 heavy (non-hydrogen) atoms. The lowest BCUT2D eigenvalue weighted by Gasteiger charge is -2.47. The summed E-state index contributed by atoms with van der Waals surface area (Å²) in [5.41, 5.74) is 7.14. The van der Waals surface area contributed by atoms with E-state index in [9.17, 15) is 9.18 Å². The van der Waals surface area contributed by atoms with Crippen molar-refractivity contribution in [3.05, 3.63) is 35.7 Å². The summed E-state index contributed by atoms with van der Waals surface area (Å²) < 4.78 is 19.1. The predicted molar refractivity (Wildman–Crippen MR) is 134 cm³/mol. The number of alkyl halides is 1. The number of nitrogens with zero attached hydrogens (tertiary/aromatic N) is 5. The van der Waals surface area contributed by atoms with Crippen molar-refractivity contribution in [1.29, 1.82) is 0 Å². The SMILES string of the molecule is COC1(C(=O)NCc2ccc(N3CC[C@H](F)C3)nc2)CN(c2nc(C)cc(NC3CC(C)NN3)n2)C1. The van der Waals surface area contributed by atoms with Gasteiger partial charge in [-0.1, -0.05) is 6.07 Å². The fourth-order valence-corrected chi connectivity index (χ4v) is 4.81. The molecule has 0 radical (unpaired) electrons. The average molecular weight is 500 g/mol. The van der Waals surface area contributed by atoms with Crippen molar-refractivity contribution in [1.82, 2.24) is 31.1 Å². The van der Waals surface area contributed by atoms with Gasteiger partial charge in [-0.25, -0.2) is 19.8 Å². The summed E-state index contributed by atoms with van der Waals surface area (Å²) in [5, 5.41) is 6.35. The van der Waals surface area contributed by atoms with Crippen LogP contribution in [0.2, 0.25) is 0 Å². The number of hydrazine groups is 1. The van der Waals surface area contributed by atoms with Gasteiger partial charge in [0.05, 0.1) is 25.8 Å². The maximum absolute atomic E-state index is 13.5. The normalized spacial score (nSPS) is 25.1. The van der Waals surface area contributed by atoms with E-state index in [1.54, 1.807) is 13.3 Å². The number of hydrogen-bond acceptors (Lipinski definition) is 10. The van der Waals surface area contributed by atoms with E-state index in [4.69, 9.17) is 4.74 Å². The van der Waals surface area contributed by atoms with E-state index in [2.05, 4.69) is 43.4 Å². The van der Waals surface area contributed by atoms with Gasteiger partial charge >= 0.3 is 0 Å². The summed E-state index contributed by atoms with van der Waals surface area (Å²) in [6.07, 6.45) is 2.48. The van der Waals surface area contributed by atoms with Gasteiger partial charge in [0.15, 0.2) is 5.60 Å². The van der Waals surface area contributed by atoms with Crippen molar-refractivity contribution in [2.75, 3.05) is 48.4 Å². The van der Waals surface area contributed by atoms with Crippen molar-refractivity contribution in [3.63, 3.8) is 0 Å². The number of methoxy groups -OCH3 is 1. The van der Waals surface area contributed by atoms with Crippen molar-refractivity contribution in [2.45, 2.75) is 57.2 Å². The molecule has 4 N–H and O–H groups in total. The molecule has 12 heteroatoms. The van der Waals surface area contributed by atoms with Crippen LogP contribution in [0, 0.1) is 6.92 Å². The molecular formula is C24H34FN9O2. The van der Waals surface area contributed by atoms with Gasteiger partial charge in [0.25, 0.3) is 5.91 Å². The zero-order valence-corrected chi connectivity index (χ0v) is 20.9. The highest BCUT2D eigenvalue weighted by Crippen LogP contribution is 2.30. The number of pyridine rings is 1. The first-order valence-electron chi connectivity index (χ1n) is 12.4. The molecule has 1 amide bonds. The van der Waals surface area contributed by atoms with Gasteiger partial charge in [-0.2, -0.15) is 4.98 Å². The topological polar surface area (TPSA) is 120 Å². The summed E-state index contributed by atoms with van der Waals surface area (Å²) in [7, 11) is 1.55. The van der Waals surface area contributed by atoms with E-state index >= 15 is 0 Å². The second-order valence-electron chi connectivity index (χ2n) is 9.91. The third-order valence-electron chi connectivity index (χ3n) is 6.95. The van der Waals surface area contributed by atoms with Crippen molar-refractivity contribution < 1.29 is 13.9 Å². The van der Waals surface area contributed by atoms with Crippen LogP contribution in [-0.4, -0.2) is 78.1 Å². The van der Waals surface area contributed by atoms with E-state index in [0.29, 0.717) is 51.1 Å². The monoisotopic (exact) mass is 499 g/mol. The van der Waals surface area contributed by atoms with Crippen LogP contribution in [0.4, 0.5) is 22.0 Å². The van der Waals surface area contributed by atoms with Crippen LogP contribution in [0.25, 0.3) is 0 Å². The molecule has 3 aliphatic heterocycles. The maximum atomic E-state index is 13.5. The van der Waals surface area contributed by atoms with E-state index in [0.717, 1.165) is 29.3 Å². The minimum absolute atomic E-state index is 0.0851. The largest absolute Gasteiger partial charge is 0.365 e. The Bertz CT molecular complexity index is 1080. The summed E-state index contributed by atoms with van der Waals surface area (Å²) >= 11 is 0. The molecule has 2 unspecified atom stereocenters. The van der Waals surface area contributed by atoms with E-state index < -0.39 is 11.8 Å². The second-order valence-corrected chi connectivity index (χ2v) is 9.91. The molecule has 3 saturated heterocycles. The molecule has 0 saturated carbocycles. The highest BCUT2D eigenvalue weighted by molar-refractivity contribution is 5.88. The molecule has 3 fully saturated rings. The molecule has 5 rings (SSSR count). The Morgan fingerprint density at radius 1 is 1.28 bits per heavy atom. The number of rotatable bonds is 8. The minimum atomic E-state index is -0.966. The highest BCUT2D eigenvalue weighted by Gasteiger charge is 2.51. The van der Waals surface area contributed by atoms with Crippen molar-refractivity contribution in [3.8, 4) is 0 Å². The van der Waals surface area contributed by atoms with Gasteiger partial charge in [-0.15, -0.1) is 0 Å². The molecule has 11 nitrogen and oxygen atoms in total. The fourth-order valence-electron chi connectivity index (χ4n) is 4.81. The number of amides is 1. The van der Waals surface area contributed by atoms with E-state index in [1.165, 1.54) is 0 Å². The molecule has 3 atom stereocenters. The number of anilines is 3. The predicted octanol–water partition coefficient (Wildman–Crippen LogP) is 0.874. The van der Waals surface area contributed by atoms with Crippen molar-refractivity contribution in [2.24, 2.45) is 0 Å². The molecule has 2 aromatic rings. The van der Waals surface area contributed by atoms with E-state index in [1.807, 2.05) is 34.9 Å². The van der Waals surface area contributed by atoms with Crippen LogP contribution < -0.4 is 31.3 Å². The van der Waals surface area contributed by atoms with Crippen LogP contribution in [0.1, 0.15) is 31.0 Å². The smallest absolute Gasteiger partial charge is 0.256 e. The number of carbonyl (C=O) groups excluding carboxylic acids is 1. The Kier molecular flexibility index (Phi) is 6.91. The number of aryl methyl sites for hydroxylation is 1. The van der Waals surface area contributed by atoms with Gasteiger partial charge in [0.1, 0.15) is 17.8 Å². The Labute approximate surface area is 210 Å². The van der Waals surface area contributed by atoms with Crippen LogP contribution >= 0.6 is 0 Å². The van der Waals surface area contributed by atoms with Crippen LogP contribution in [-0.2, 0) is 16.1 Å². The zero-order valence-electron chi connectivity index (χ0n) is 20.9. The first-order chi connectivity index (χ1) is 17.3. The average Bonchev–Trinajstić information content (AvgIpc) is 3.45. The molecule has 2 aromatic heterocycles. The molecule has 194 valence electrons. The van der Waals surface area contributed by atoms with Crippen LogP contribution in [0.5, 0.6) is 0 Å². The maximum Gasteiger partial charge on any atom is 0.256 e. The Balaban J connectivity index is 1.16. The molecule has 3 aliphatic rings. The number of halogens is 1. The first kappa shape index (κ1) is 24.6. The molecule has 5 heterocycles. The quantitative estimate of drug-likeness (QED) is 0.417. The molecule has 0 spiro atoms. The number of aromatic nitrogens is 3. The molecule has 0 bridgehead atoms. The van der Waals surface area contributed by atoms with Crippen molar-refractivity contribution >= 4 is 23.5 Å². The molecular weight excluding hydrogens is 465 g/mol. The lowest BCUT2D eigenvalue weighted by Crippen LogP contribution is -2.70. The van der Waals surface area contributed by atoms with Gasteiger partial charge in [0.2, 0.25) is 5.95 Å². The third-order valence-corrected chi connectivity index (χ3v) is 6.95. The Hall–Kier alpha value is -3.09. The standard InChI is InChI=1S/C24H34FN9O2/c1-15-8-19(29-20-9-16(2)31-32-20)30-23(28-15)34-13-24(14-34,36-3)22(35)27-11-17-4-5-21(26-10-17)33-7-6-18(25)12-33/h4-5,8,10,16,18,20,31-32H,6-7,9,11-14H2,1-3H3,(H,27,35)(H,28,29,30)/t16?,18-,20?/m0/s1. The fraction of sp³-hybridized carbons (Fsp3) is 0.583. The zero-order chi connectivity index (χ0) is 25.3. The summed E-state index contributed by atoms with van der Waals surface area (Å²) in [5.74, 6) is 1.87. The third kappa shape index (κ3) is 5.20. The van der Waals surface area contributed by atoms with Crippen LogP contribution in [0.3, 0.4) is 0 Å². The van der Waals surface area contributed by atoms with Crippen LogP contribution in [0.15, 0.2) is 24.4 Å². The summed E-state index contributed by atoms with van der Waals surface area (Å²) in [4.78, 5) is 30.6. The second kappa shape index (κ2) is 10.1. The lowest BCUT2D eigenvalue weighted by atomic mass is 9.93. The van der Waals surface area contributed by atoms with Gasteiger partial charge in [0, 0.05) is 44.2 Å². The number of nitrogens with one attached hydrogen (secondary N) is 4. The number of hydrogen-bond donors (Lipinski definition) is 4. The number of ether oxygens (including phenoxy) is 1. The molecule has 0 aliphatic carbocycles. The highest BCUT2D eigenvalue weighted by atomic mass is 19.1. The Morgan fingerprint density at radius 2 is 2.11 bits per heavy atom. The van der Waals surface area contributed by atoms with E-state index in [-0.39, 0.29) is 12.1 Å². The Morgan fingerprint density at radius 3 is 2.75 bits per heavy atom.